The van der Waals surface area contributed by atoms with E-state index in [0.29, 0.717) is 17.9 Å². The molecule has 0 spiro atoms. The van der Waals surface area contributed by atoms with Crippen molar-refractivity contribution in [3.05, 3.63) is 24.3 Å². The van der Waals surface area contributed by atoms with Gasteiger partial charge in [-0.3, -0.25) is 4.79 Å². The first kappa shape index (κ1) is 15.8. The van der Waals surface area contributed by atoms with E-state index in [4.69, 9.17) is 4.74 Å². The molecule has 6 nitrogen and oxygen atoms in total. The minimum atomic E-state index is -2.96. The second-order valence-electron chi connectivity index (χ2n) is 5.11. The molecule has 0 bridgehead atoms. The molecular weight excluding hydrogens is 292 g/mol. The lowest BCUT2D eigenvalue weighted by Crippen LogP contribution is -2.43. The van der Waals surface area contributed by atoms with Gasteiger partial charge in [0, 0.05) is 17.8 Å². The molecule has 2 rings (SSSR count). The Bertz CT molecular complexity index is 601. The number of anilines is 1. The van der Waals surface area contributed by atoms with Crippen LogP contribution in [0.2, 0.25) is 0 Å². The summed E-state index contributed by atoms with van der Waals surface area (Å²) < 4.78 is 28.1. The molecule has 1 aliphatic heterocycles. The Kier molecular flexibility index (Phi) is 5.19. The monoisotopic (exact) mass is 312 g/mol. The molecule has 1 unspecified atom stereocenters. The van der Waals surface area contributed by atoms with E-state index < -0.39 is 9.84 Å². The van der Waals surface area contributed by atoms with Crippen molar-refractivity contribution in [3.63, 3.8) is 0 Å². The van der Waals surface area contributed by atoms with E-state index in [2.05, 4.69) is 10.6 Å². The zero-order chi connectivity index (χ0) is 15.3. The number of benzene rings is 1. The van der Waals surface area contributed by atoms with Gasteiger partial charge in [0.15, 0.2) is 9.84 Å². The summed E-state index contributed by atoms with van der Waals surface area (Å²) in [5.41, 5.74) is 0.650. The Morgan fingerprint density at radius 3 is 2.95 bits per heavy atom. The molecule has 1 atom stereocenters. The van der Waals surface area contributed by atoms with Gasteiger partial charge < -0.3 is 15.4 Å². The van der Waals surface area contributed by atoms with Crippen LogP contribution < -0.4 is 15.4 Å². The molecule has 21 heavy (non-hydrogen) atoms. The molecule has 1 aromatic carbocycles. The van der Waals surface area contributed by atoms with Gasteiger partial charge in [-0.05, 0) is 25.0 Å². The highest BCUT2D eigenvalue weighted by Gasteiger charge is 2.24. The summed E-state index contributed by atoms with van der Waals surface area (Å²) in [6.07, 6.45) is 1.43. The highest BCUT2D eigenvalue weighted by molar-refractivity contribution is 7.91. The molecule has 1 aliphatic rings. The third-order valence-corrected chi connectivity index (χ3v) is 5.19. The lowest BCUT2D eigenvalue weighted by molar-refractivity contribution is -0.115. The average Bonchev–Trinajstić information content (AvgIpc) is 2.44. The van der Waals surface area contributed by atoms with Crippen LogP contribution in [0.4, 0.5) is 5.69 Å². The second kappa shape index (κ2) is 6.91. The summed E-state index contributed by atoms with van der Waals surface area (Å²) in [6, 6.07) is 6.94. The smallest absolute Gasteiger partial charge is 0.238 e. The number of hydrogen-bond acceptors (Lipinski definition) is 5. The Labute approximate surface area is 124 Å². The van der Waals surface area contributed by atoms with Crippen LogP contribution in [-0.2, 0) is 14.6 Å². The Balaban J connectivity index is 1.82. The molecule has 1 fully saturated rings. The predicted octanol–water partition coefficient (Wildman–Crippen LogP) is 0.801. The summed E-state index contributed by atoms with van der Waals surface area (Å²) in [7, 11) is -1.40. The molecule has 2 N–H and O–H groups in total. The predicted molar refractivity (Wildman–Crippen MR) is 81.3 cm³/mol. The number of ether oxygens (including phenoxy) is 1. The fraction of sp³-hybridized carbons (Fsp3) is 0.500. The summed E-state index contributed by atoms with van der Waals surface area (Å²) >= 11 is 0. The first-order valence-electron chi connectivity index (χ1n) is 6.86. The Hall–Kier alpha value is -1.60. The molecule has 1 heterocycles. The van der Waals surface area contributed by atoms with Crippen LogP contribution >= 0.6 is 0 Å². The van der Waals surface area contributed by atoms with Crippen molar-refractivity contribution < 1.29 is 17.9 Å². The van der Waals surface area contributed by atoms with E-state index in [9.17, 15) is 13.2 Å². The van der Waals surface area contributed by atoms with Gasteiger partial charge >= 0.3 is 0 Å². The number of rotatable bonds is 5. The van der Waals surface area contributed by atoms with Crippen molar-refractivity contribution in [1.82, 2.24) is 5.32 Å². The SMILES string of the molecule is COc1cccc(NC(=O)CNC2CCCS(=O)(=O)C2)c1. The molecule has 0 saturated carbocycles. The van der Waals surface area contributed by atoms with E-state index in [1.54, 1.807) is 31.4 Å². The summed E-state index contributed by atoms with van der Waals surface area (Å²) in [5, 5.41) is 5.75. The highest BCUT2D eigenvalue weighted by atomic mass is 32.2. The van der Waals surface area contributed by atoms with Crippen LogP contribution in [0, 0.1) is 0 Å². The Morgan fingerprint density at radius 2 is 2.24 bits per heavy atom. The third kappa shape index (κ3) is 5.02. The molecule has 116 valence electrons. The topological polar surface area (TPSA) is 84.5 Å². The largest absolute Gasteiger partial charge is 0.497 e. The molecule has 7 heteroatoms. The van der Waals surface area contributed by atoms with Crippen molar-refractivity contribution in [3.8, 4) is 5.75 Å². The van der Waals surface area contributed by atoms with E-state index in [0.717, 1.165) is 6.42 Å². The van der Waals surface area contributed by atoms with E-state index in [1.807, 2.05) is 0 Å². The van der Waals surface area contributed by atoms with Crippen LogP contribution in [0.1, 0.15) is 12.8 Å². The lowest BCUT2D eigenvalue weighted by atomic mass is 10.2. The van der Waals surface area contributed by atoms with Crippen molar-refractivity contribution in [2.24, 2.45) is 0 Å². The summed E-state index contributed by atoms with van der Waals surface area (Å²) in [4.78, 5) is 11.9. The summed E-state index contributed by atoms with van der Waals surface area (Å²) in [6.45, 7) is 0.0946. The van der Waals surface area contributed by atoms with Gasteiger partial charge in [-0.15, -0.1) is 0 Å². The summed E-state index contributed by atoms with van der Waals surface area (Å²) in [5.74, 6) is 0.825. The molecule has 0 radical (unpaired) electrons. The van der Waals surface area contributed by atoms with Crippen LogP contribution in [0.15, 0.2) is 24.3 Å². The zero-order valence-electron chi connectivity index (χ0n) is 12.0. The number of amides is 1. The molecule has 0 aromatic heterocycles. The van der Waals surface area contributed by atoms with E-state index in [1.165, 1.54) is 0 Å². The van der Waals surface area contributed by atoms with Gasteiger partial charge in [0.05, 0.1) is 25.2 Å². The minimum absolute atomic E-state index is 0.0946. The maximum atomic E-state index is 11.9. The number of nitrogens with one attached hydrogen (secondary N) is 2. The molecular formula is C14H20N2O4S. The van der Waals surface area contributed by atoms with Gasteiger partial charge in [-0.1, -0.05) is 6.07 Å². The van der Waals surface area contributed by atoms with Gasteiger partial charge in [0.2, 0.25) is 5.91 Å². The van der Waals surface area contributed by atoms with E-state index >= 15 is 0 Å². The third-order valence-electron chi connectivity index (χ3n) is 3.37. The molecule has 1 saturated heterocycles. The van der Waals surface area contributed by atoms with Gasteiger partial charge in [0.1, 0.15) is 5.75 Å². The van der Waals surface area contributed by atoms with Crippen LogP contribution in [0.5, 0.6) is 5.75 Å². The number of sulfone groups is 1. The maximum absolute atomic E-state index is 11.9. The average molecular weight is 312 g/mol. The number of hydrogen-bond donors (Lipinski definition) is 2. The van der Waals surface area contributed by atoms with Crippen LogP contribution in [0.25, 0.3) is 0 Å². The van der Waals surface area contributed by atoms with Gasteiger partial charge in [-0.25, -0.2) is 8.42 Å². The number of carbonyl (C=O) groups excluding carboxylic acids is 1. The lowest BCUT2D eigenvalue weighted by Gasteiger charge is -2.22. The van der Waals surface area contributed by atoms with Crippen LogP contribution in [0.3, 0.4) is 0 Å². The fourth-order valence-corrected chi connectivity index (χ4v) is 4.00. The normalized spacial score (nSPS) is 20.7. The first-order chi connectivity index (χ1) is 9.98. The zero-order valence-corrected chi connectivity index (χ0v) is 12.8. The van der Waals surface area contributed by atoms with Gasteiger partial charge in [0.25, 0.3) is 0 Å². The van der Waals surface area contributed by atoms with Crippen molar-refractivity contribution in [2.45, 2.75) is 18.9 Å². The Morgan fingerprint density at radius 1 is 1.43 bits per heavy atom. The maximum Gasteiger partial charge on any atom is 0.238 e. The van der Waals surface area contributed by atoms with Crippen molar-refractivity contribution >= 4 is 21.4 Å². The first-order valence-corrected chi connectivity index (χ1v) is 8.68. The van der Waals surface area contributed by atoms with Crippen molar-refractivity contribution in [2.75, 3.05) is 30.5 Å². The van der Waals surface area contributed by atoms with Crippen LogP contribution in [-0.4, -0.2) is 45.5 Å². The standard InChI is InChI=1S/C14H20N2O4S/c1-20-13-6-2-4-11(8-13)16-14(17)9-15-12-5-3-7-21(18,19)10-12/h2,4,6,8,12,15H,3,5,7,9-10H2,1H3,(H,16,17). The number of carbonyl (C=O) groups is 1. The molecule has 0 aliphatic carbocycles. The molecule has 1 aromatic rings. The minimum Gasteiger partial charge on any atom is -0.497 e. The second-order valence-corrected chi connectivity index (χ2v) is 7.34. The number of methoxy groups -OCH3 is 1. The quantitative estimate of drug-likeness (QED) is 0.840. The highest BCUT2D eigenvalue weighted by Crippen LogP contribution is 2.16. The fourth-order valence-electron chi connectivity index (χ4n) is 2.33. The van der Waals surface area contributed by atoms with Crippen molar-refractivity contribution in [1.29, 1.82) is 0 Å². The van der Waals surface area contributed by atoms with E-state index in [-0.39, 0.29) is 30.0 Å². The van der Waals surface area contributed by atoms with Gasteiger partial charge in [-0.2, -0.15) is 0 Å². The molecule has 1 amide bonds.